The SMILES string of the molecule is COC(=O)c1[nH]c(C)c(C(=O)[C@@H](C)N(C[C@H]2CCCO2)C(=O)C2CC2)c1C. The maximum absolute atomic E-state index is 13.3. The number of nitrogens with one attached hydrogen (secondary N) is 1. The monoisotopic (exact) mass is 376 g/mol. The highest BCUT2D eigenvalue weighted by Gasteiger charge is 2.39. The van der Waals surface area contributed by atoms with Crippen LogP contribution in [0.4, 0.5) is 0 Å². The molecule has 3 rings (SSSR count). The van der Waals surface area contributed by atoms with Gasteiger partial charge in [0.05, 0.1) is 19.3 Å². The number of hydrogen-bond acceptors (Lipinski definition) is 5. The van der Waals surface area contributed by atoms with Crippen LogP contribution in [0.2, 0.25) is 0 Å². The number of esters is 1. The molecule has 0 aromatic carbocycles. The number of amides is 1. The molecule has 1 aromatic heterocycles. The van der Waals surface area contributed by atoms with E-state index in [1.165, 1.54) is 7.11 Å². The molecule has 1 saturated carbocycles. The Morgan fingerprint density at radius 2 is 1.96 bits per heavy atom. The van der Waals surface area contributed by atoms with Gasteiger partial charge in [0.25, 0.3) is 0 Å². The van der Waals surface area contributed by atoms with Crippen LogP contribution >= 0.6 is 0 Å². The van der Waals surface area contributed by atoms with Crippen molar-refractivity contribution in [2.45, 2.75) is 58.6 Å². The third kappa shape index (κ3) is 3.93. The number of ether oxygens (including phenoxy) is 2. The van der Waals surface area contributed by atoms with Crippen LogP contribution in [0.3, 0.4) is 0 Å². The molecule has 27 heavy (non-hydrogen) atoms. The first kappa shape index (κ1) is 19.6. The minimum Gasteiger partial charge on any atom is -0.464 e. The van der Waals surface area contributed by atoms with E-state index in [4.69, 9.17) is 9.47 Å². The van der Waals surface area contributed by atoms with Crippen LogP contribution in [0.15, 0.2) is 0 Å². The van der Waals surface area contributed by atoms with Crippen molar-refractivity contribution in [3.05, 3.63) is 22.5 Å². The standard InChI is InChI=1S/C20H28N2O5/c1-11-16(12(2)21-17(11)20(25)26-4)18(23)13(3)22(19(24)14-7-8-14)10-15-6-5-9-27-15/h13-15,21H,5-10H2,1-4H3/t13-,15-/m1/s1. The van der Waals surface area contributed by atoms with Crippen LogP contribution in [0.25, 0.3) is 0 Å². The van der Waals surface area contributed by atoms with Gasteiger partial charge in [0.15, 0.2) is 5.78 Å². The Labute approximate surface area is 159 Å². The van der Waals surface area contributed by atoms with Gasteiger partial charge in [0.2, 0.25) is 5.91 Å². The number of H-pyrrole nitrogens is 1. The second-order valence-electron chi connectivity index (χ2n) is 7.56. The summed E-state index contributed by atoms with van der Waals surface area (Å²) in [7, 11) is 1.31. The minimum atomic E-state index is -0.610. The third-order valence-corrected chi connectivity index (χ3v) is 5.55. The number of rotatable bonds is 7. The Morgan fingerprint density at radius 3 is 2.52 bits per heavy atom. The molecule has 1 amide bonds. The van der Waals surface area contributed by atoms with Gasteiger partial charge in [-0.15, -0.1) is 0 Å². The van der Waals surface area contributed by atoms with Gasteiger partial charge < -0.3 is 19.4 Å². The second-order valence-corrected chi connectivity index (χ2v) is 7.56. The summed E-state index contributed by atoms with van der Waals surface area (Å²) in [6.45, 7) is 6.39. The normalized spacial score (nSPS) is 20.4. The van der Waals surface area contributed by atoms with Crippen molar-refractivity contribution in [1.29, 1.82) is 0 Å². The molecule has 0 spiro atoms. The minimum absolute atomic E-state index is 0.0120. The highest BCUT2D eigenvalue weighted by atomic mass is 16.5. The lowest BCUT2D eigenvalue weighted by molar-refractivity contribution is -0.135. The van der Waals surface area contributed by atoms with E-state index >= 15 is 0 Å². The average molecular weight is 376 g/mol. The predicted octanol–water partition coefficient (Wildman–Crippen LogP) is 2.41. The number of ketones is 1. The molecular weight excluding hydrogens is 348 g/mol. The highest BCUT2D eigenvalue weighted by Crippen LogP contribution is 2.33. The lowest BCUT2D eigenvalue weighted by Gasteiger charge is -2.31. The van der Waals surface area contributed by atoms with Crippen LogP contribution in [0.1, 0.15) is 64.7 Å². The number of aromatic amines is 1. The van der Waals surface area contributed by atoms with Gasteiger partial charge in [-0.3, -0.25) is 9.59 Å². The molecule has 7 heteroatoms. The Bertz CT molecular complexity index is 744. The van der Waals surface area contributed by atoms with Gasteiger partial charge in [0.1, 0.15) is 5.69 Å². The molecule has 0 bridgehead atoms. The molecule has 148 valence electrons. The maximum Gasteiger partial charge on any atom is 0.354 e. The number of aromatic nitrogens is 1. The first-order chi connectivity index (χ1) is 12.8. The van der Waals surface area contributed by atoms with E-state index in [0.717, 1.165) is 25.7 Å². The van der Waals surface area contributed by atoms with E-state index in [1.54, 1.807) is 25.7 Å². The van der Waals surface area contributed by atoms with Crippen molar-refractivity contribution < 1.29 is 23.9 Å². The van der Waals surface area contributed by atoms with E-state index in [9.17, 15) is 14.4 Å². The maximum atomic E-state index is 13.3. The number of Topliss-reactive ketones (excluding diaryl/α,β-unsaturated/α-hetero) is 1. The summed E-state index contributed by atoms with van der Waals surface area (Å²) < 4.78 is 10.5. The van der Waals surface area contributed by atoms with Gasteiger partial charge in [-0.05, 0) is 52.0 Å². The predicted molar refractivity (Wildman–Crippen MR) is 98.8 cm³/mol. The Balaban J connectivity index is 1.85. The third-order valence-electron chi connectivity index (χ3n) is 5.55. The summed E-state index contributed by atoms with van der Waals surface area (Å²) in [5.41, 5.74) is 1.92. The molecule has 1 saturated heterocycles. The summed E-state index contributed by atoms with van der Waals surface area (Å²) >= 11 is 0. The molecule has 2 heterocycles. The van der Waals surface area contributed by atoms with Gasteiger partial charge in [0, 0.05) is 30.3 Å². The van der Waals surface area contributed by atoms with Gasteiger partial charge >= 0.3 is 5.97 Å². The van der Waals surface area contributed by atoms with Crippen molar-refractivity contribution in [3.8, 4) is 0 Å². The van der Waals surface area contributed by atoms with Gasteiger partial charge in [-0.25, -0.2) is 4.79 Å². The number of aryl methyl sites for hydroxylation is 1. The van der Waals surface area contributed by atoms with Gasteiger partial charge in [-0.1, -0.05) is 0 Å². The lowest BCUT2D eigenvalue weighted by atomic mass is 9.99. The van der Waals surface area contributed by atoms with Crippen LogP contribution in [-0.2, 0) is 14.3 Å². The number of carbonyl (C=O) groups is 3. The van der Waals surface area contributed by atoms with Crippen LogP contribution in [0.5, 0.6) is 0 Å². The number of hydrogen-bond donors (Lipinski definition) is 1. The Kier molecular flexibility index (Phi) is 5.69. The van der Waals surface area contributed by atoms with Crippen molar-refractivity contribution in [2.75, 3.05) is 20.3 Å². The van der Waals surface area contributed by atoms with Crippen LogP contribution in [-0.4, -0.2) is 60.0 Å². The van der Waals surface area contributed by atoms with E-state index in [1.807, 2.05) is 0 Å². The molecule has 1 aliphatic carbocycles. The molecule has 2 atom stereocenters. The van der Waals surface area contributed by atoms with E-state index in [-0.39, 0.29) is 29.4 Å². The van der Waals surface area contributed by atoms with Gasteiger partial charge in [-0.2, -0.15) is 0 Å². The zero-order valence-electron chi connectivity index (χ0n) is 16.5. The smallest absolute Gasteiger partial charge is 0.354 e. The first-order valence-electron chi connectivity index (χ1n) is 9.58. The average Bonchev–Trinajstić information content (AvgIpc) is 3.30. The summed E-state index contributed by atoms with van der Waals surface area (Å²) in [6.07, 6.45) is 3.65. The van der Waals surface area contributed by atoms with E-state index in [0.29, 0.717) is 30.0 Å². The highest BCUT2D eigenvalue weighted by molar-refractivity contribution is 6.06. The topological polar surface area (TPSA) is 88.7 Å². The van der Waals surface area contributed by atoms with Crippen molar-refractivity contribution in [2.24, 2.45) is 5.92 Å². The molecule has 1 aliphatic heterocycles. The Morgan fingerprint density at radius 1 is 1.26 bits per heavy atom. The molecule has 1 aromatic rings. The van der Waals surface area contributed by atoms with E-state index < -0.39 is 12.0 Å². The molecule has 0 unspecified atom stereocenters. The summed E-state index contributed by atoms with van der Waals surface area (Å²) in [5, 5.41) is 0. The largest absolute Gasteiger partial charge is 0.464 e. The fourth-order valence-corrected chi connectivity index (χ4v) is 3.79. The molecule has 1 N–H and O–H groups in total. The molecule has 2 fully saturated rings. The number of carbonyl (C=O) groups excluding carboxylic acids is 3. The van der Waals surface area contributed by atoms with Crippen LogP contribution in [0, 0.1) is 19.8 Å². The second kappa shape index (κ2) is 7.84. The fourth-order valence-electron chi connectivity index (χ4n) is 3.79. The summed E-state index contributed by atoms with van der Waals surface area (Å²) in [5.74, 6) is -0.609. The molecule has 2 aliphatic rings. The zero-order valence-corrected chi connectivity index (χ0v) is 16.5. The van der Waals surface area contributed by atoms with Crippen LogP contribution < -0.4 is 0 Å². The number of nitrogens with zero attached hydrogens (tertiary/aromatic N) is 1. The fraction of sp³-hybridized carbons (Fsp3) is 0.650. The zero-order chi connectivity index (χ0) is 19.7. The van der Waals surface area contributed by atoms with E-state index in [2.05, 4.69) is 4.98 Å². The lowest BCUT2D eigenvalue weighted by Crippen LogP contribution is -2.47. The summed E-state index contributed by atoms with van der Waals surface area (Å²) in [4.78, 5) is 42.7. The van der Waals surface area contributed by atoms with Crippen molar-refractivity contribution in [1.82, 2.24) is 9.88 Å². The van der Waals surface area contributed by atoms with Crippen molar-refractivity contribution in [3.63, 3.8) is 0 Å². The molecule has 7 nitrogen and oxygen atoms in total. The molecular formula is C20H28N2O5. The summed E-state index contributed by atoms with van der Waals surface area (Å²) in [6, 6.07) is -0.610. The molecule has 0 radical (unpaired) electrons. The quantitative estimate of drug-likeness (QED) is 0.583. The first-order valence-corrected chi connectivity index (χ1v) is 9.58. The van der Waals surface area contributed by atoms with Crippen molar-refractivity contribution >= 4 is 17.7 Å². The Hall–Kier alpha value is -2.15. The number of methoxy groups -OCH3 is 1.